The van der Waals surface area contributed by atoms with E-state index in [0.29, 0.717) is 0 Å². The molecule has 2 aromatic carbocycles. The van der Waals surface area contributed by atoms with Crippen molar-refractivity contribution < 1.29 is 9.47 Å². The summed E-state index contributed by atoms with van der Waals surface area (Å²) in [7, 11) is 4.17. The van der Waals surface area contributed by atoms with Crippen LogP contribution in [0.15, 0.2) is 48.5 Å². The molecule has 5 heteroatoms. The van der Waals surface area contributed by atoms with Gasteiger partial charge in [0.1, 0.15) is 17.6 Å². The van der Waals surface area contributed by atoms with Gasteiger partial charge in [-0.25, -0.2) is 0 Å². The molecule has 0 amide bonds. The average Bonchev–Trinajstić information content (AvgIpc) is 2.77. The molecule has 2 aromatic rings. The Hall–Kier alpha value is -2.24. The van der Waals surface area contributed by atoms with Gasteiger partial charge in [-0.1, -0.05) is 18.6 Å². The van der Waals surface area contributed by atoms with Crippen LogP contribution >= 0.6 is 0 Å². The van der Waals surface area contributed by atoms with E-state index in [2.05, 4.69) is 48.2 Å². The van der Waals surface area contributed by atoms with Crippen molar-refractivity contribution in [1.29, 1.82) is 0 Å². The third-order valence-corrected chi connectivity index (χ3v) is 5.58. The van der Waals surface area contributed by atoms with Crippen LogP contribution in [0.25, 0.3) is 0 Å². The van der Waals surface area contributed by atoms with Gasteiger partial charge in [-0.3, -0.25) is 0 Å². The number of anilines is 1. The lowest BCUT2D eigenvalue weighted by Crippen LogP contribution is -2.31. The Morgan fingerprint density at radius 1 is 0.933 bits per heavy atom. The summed E-state index contributed by atoms with van der Waals surface area (Å²) in [5.74, 6) is 1.77. The van der Waals surface area contributed by atoms with Gasteiger partial charge in [0.05, 0.1) is 6.61 Å². The number of rotatable bonds is 11. The van der Waals surface area contributed by atoms with E-state index in [1.807, 2.05) is 24.3 Å². The lowest BCUT2D eigenvalue weighted by Gasteiger charge is -2.26. The van der Waals surface area contributed by atoms with Crippen molar-refractivity contribution in [2.24, 2.45) is 0 Å². The molecule has 0 saturated carbocycles. The van der Waals surface area contributed by atoms with Gasteiger partial charge in [-0.2, -0.15) is 0 Å². The molecule has 5 nitrogen and oxygen atoms in total. The Bertz CT molecular complexity index is 725. The smallest absolute Gasteiger partial charge is 0.125 e. The van der Waals surface area contributed by atoms with Crippen LogP contribution in [0.2, 0.25) is 0 Å². The normalized spacial score (nSPS) is 15.8. The highest BCUT2D eigenvalue weighted by atomic mass is 16.5. The maximum absolute atomic E-state index is 6.28. The zero-order valence-corrected chi connectivity index (χ0v) is 18.6. The summed E-state index contributed by atoms with van der Waals surface area (Å²) in [5, 5.41) is 0. The molecule has 30 heavy (non-hydrogen) atoms. The van der Waals surface area contributed by atoms with Crippen LogP contribution in [0.3, 0.4) is 0 Å². The van der Waals surface area contributed by atoms with Crippen molar-refractivity contribution in [1.82, 2.24) is 9.80 Å². The van der Waals surface area contributed by atoms with Crippen LogP contribution in [0, 0.1) is 0 Å². The molecule has 1 fully saturated rings. The average molecular weight is 412 g/mol. The summed E-state index contributed by atoms with van der Waals surface area (Å²) in [6.45, 7) is 5.35. The predicted octanol–water partition coefficient (Wildman–Crippen LogP) is 4.60. The molecule has 1 aliphatic rings. The number of benzene rings is 2. The topological polar surface area (TPSA) is 51.0 Å². The van der Waals surface area contributed by atoms with Crippen molar-refractivity contribution >= 4 is 5.69 Å². The first-order chi connectivity index (χ1) is 14.6. The van der Waals surface area contributed by atoms with Gasteiger partial charge >= 0.3 is 0 Å². The molecule has 1 heterocycles. The highest BCUT2D eigenvalue weighted by Gasteiger charge is 2.15. The predicted molar refractivity (Wildman–Crippen MR) is 124 cm³/mol. The number of piperidine rings is 1. The minimum absolute atomic E-state index is 0.0100. The van der Waals surface area contributed by atoms with Gasteiger partial charge in [-0.15, -0.1) is 0 Å². The second kappa shape index (κ2) is 11.8. The summed E-state index contributed by atoms with van der Waals surface area (Å²) >= 11 is 0. The number of hydrogen-bond donors (Lipinski definition) is 1. The highest BCUT2D eigenvalue weighted by molar-refractivity contribution is 5.42. The van der Waals surface area contributed by atoms with E-state index in [1.165, 1.54) is 32.4 Å². The molecule has 1 unspecified atom stereocenters. The molecule has 0 bridgehead atoms. The third kappa shape index (κ3) is 7.54. The van der Waals surface area contributed by atoms with Crippen molar-refractivity contribution in [3.05, 3.63) is 54.1 Å². The first kappa shape index (κ1) is 22.4. The van der Waals surface area contributed by atoms with Crippen LogP contribution in [0.4, 0.5) is 5.69 Å². The second-order valence-corrected chi connectivity index (χ2v) is 8.44. The largest absolute Gasteiger partial charge is 0.494 e. The molecular weight excluding hydrogens is 374 g/mol. The van der Waals surface area contributed by atoms with Crippen molar-refractivity contribution in [3.63, 3.8) is 0 Å². The van der Waals surface area contributed by atoms with Crippen molar-refractivity contribution in [3.8, 4) is 11.5 Å². The first-order valence-electron chi connectivity index (χ1n) is 11.2. The van der Waals surface area contributed by atoms with Gasteiger partial charge in [-0.05, 0) is 88.4 Å². The number of hydrogen-bond acceptors (Lipinski definition) is 5. The summed E-state index contributed by atoms with van der Waals surface area (Å²) in [5.41, 5.74) is 7.70. The van der Waals surface area contributed by atoms with Crippen molar-refractivity contribution in [2.75, 3.05) is 52.6 Å². The highest BCUT2D eigenvalue weighted by Crippen LogP contribution is 2.27. The van der Waals surface area contributed by atoms with Crippen LogP contribution in [0.1, 0.15) is 43.8 Å². The number of ether oxygens (including phenoxy) is 2. The number of likely N-dealkylation sites (tertiary alicyclic amines) is 1. The van der Waals surface area contributed by atoms with Gasteiger partial charge in [0.2, 0.25) is 0 Å². The van der Waals surface area contributed by atoms with E-state index in [1.54, 1.807) is 0 Å². The Kier molecular flexibility index (Phi) is 8.84. The van der Waals surface area contributed by atoms with Gasteiger partial charge < -0.3 is 25.0 Å². The van der Waals surface area contributed by atoms with Crippen LogP contribution in [0.5, 0.6) is 11.5 Å². The molecule has 1 atom stereocenters. The molecule has 2 N–H and O–H groups in total. The monoisotopic (exact) mass is 411 g/mol. The fourth-order valence-electron chi connectivity index (χ4n) is 3.82. The molecule has 3 rings (SSSR count). The minimum atomic E-state index is -0.0100. The third-order valence-electron chi connectivity index (χ3n) is 5.58. The summed E-state index contributed by atoms with van der Waals surface area (Å²) < 4.78 is 12.3. The van der Waals surface area contributed by atoms with Crippen LogP contribution in [-0.4, -0.2) is 56.7 Å². The molecular formula is C25H37N3O2. The molecule has 0 aromatic heterocycles. The summed E-state index contributed by atoms with van der Waals surface area (Å²) in [4.78, 5) is 4.74. The summed E-state index contributed by atoms with van der Waals surface area (Å²) in [6.07, 6.45) is 6.05. The van der Waals surface area contributed by atoms with E-state index in [-0.39, 0.29) is 6.10 Å². The number of nitrogen functional groups attached to an aromatic ring is 1. The maximum atomic E-state index is 6.28. The molecule has 0 aliphatic carbocycles. The standard InChI is InChI=1S/C25H37N3O2/c1-27(2)19-15-25(30-24-13-9-22(26)10-14-24)21-7-11-23(12-8-21)29-20-6-18-28-16-4-3-5-17-28/h7-14,25H,3-6,15-20,26H2,1-2H3. The lowest BCUT2D eigenvalue weighted by molar-refractivity contribution is 0.179. The van der Waals surface area contributed by atoms with E-state index in [0.717, 1.165) is 55.3 Å². The SMILES string of the molecule is CN(C)CCC(Oc1ccc(N)cc1)c1ccc(OCCCN2CCCCC2)cc1. The van der Waals surface area contributed by atoms with Gasteiger partial charge in [0.15, 0.2) is 0 Å². The quantitative estimate of drug-likeness (QED) is 0.433. The number of nitrogens with zero attached hydrogens (tertiary/aromatic N) is 2. The Morgan fingerprint density at radius 3 is 2.27 bits per heavy atom. The Labute approximate surface area is 181 Å². The molecule has 164 valence electrons. The van der Waals surface area contributed by atoms with E-state index < -0.39 is 0 Å². The zero-order chi connectivity index (χ0) is 21.2. The maximum Gasteiger partial charge on any atom is 0.125 e. The molecule has 1 aliphatic heterocycles. The van der Waals surface area contributed by atoms with Crippen molar-refractivity contribution in [2.45, 2.75) is 38.2 Å². The van der Waals surface area contributed by atoms with Gasteiger partial charge in [0.25, 0.3) is 0 Å². The second-order valence-electron chi connectivity index (χ2n) is 8.44. The van der Waals surface area contributed by atoms with Gasteiger partial charge in [0, 0.05) is 25.2 Å². The first-order valence-corrected chi connectivity index (χ1v) is 11.2. The van der Waals surface area contributed by atoms with E-state index in [4.69, 9.17) is 15.2 Å². The molecule has 1 saturated heterocycles. The summed E-state index contributed by atoms with van der Waals surface area (Å²) in [6, 6.07) is 16.0. The lowest BCUT2D eigenvalue weighted by atomic mass is 10.1. The molecule has 0 spiro atoms. The van der Waals surface area contributed by atoms with Crippen LogP contribution < -0.4 is 15.2 Å². The fraction of sp³-hybridized carbons (Fsp3) is 0.520. The minimum Gasteiger partial charge on any atom is -0.494 e. The Balaban J connectivity index is 1.52. The zero-order valence-electron chi connectivity index (χ0n) is 18.6. The Morgan fingerprint density at radius 2 is 1.60 bits per heavy atom. The van der Waals surface area contributed by atoms with E-state index >= 15 is 0 Å². The molecule has 0 radical (unpaired) electrons. The number of nitrogens with two attached hydrogens (primary N) is 1. The van der Waals surface area contributed by atoms with Crippen LogP contribution in [-0.2, 0) is 0 Å². The van der Waals surface area contributed by atoms with E-state index in [9.17, 15) is 0 Å². The fourth-order valence-corrected chi connectivity index (χ4v) is 3.82.